The fourth-order valence-corrected chi connectivity index (χ4v) is 2.53. The lowest BCUT2D eigenvalue weighted by Crippen LogP contribution is -2.46. The van der Waals surface area contributed by atoms with Crippen LogP contribution in [-0.2, 0) is 11.3 Å². The highest BCUT2D eigenvalue weighted by molar-refractivity contribution is 5.83. The van der Waals surface area contributed by atoms with E-state index in [0.29, 0.717) is 0 Å². The summed E-state index contributed by atoms with van der Waals surface area (Å²) >= 11 is 0. The van der Waals surface area contributed by atoms with Crippen molar-refractivity contribution in [2.75, 3.05) is 13.1 Å². The predicted octanol–water partition coefficient (Wildman–Crippen LogP) is 0.777. The summed E-state index contributed by atoms with van der Waals surface area (Å²) in [6.07, 6.45) is 7.27. The summed E-state index contributed by atoms with van der Waals surface area (Å²) in [5.74, 6) is 0.183. The van der Waals surface area contributed by atoms with E-state index in [-0.39, 0.29) is 17.4 Å². The van der Waals surface area contributed by atoms with E-state index in [1.165, 1.54) is 0 Å². The van der Waals surface area contributed by atoms with Crippen LogP contribution in [0.3, 0.4) is 0 Å². The normalized spacial score (nSPS) is 25.0. The zero-order valence-electron chi connectivity index (χ0n) is 11.1. The lowest BCUT2D eigenvalue weighted by atomic mass is 9.83. The molecule has 0 saturated carbocycles. The second-order valence-corrected chi connectivity index (χ2v) is 5.19. The third kappa shape index (κ3) is 2.72. The van der Waals surface area contributed by atoms with Crippen LogP contribution in [0.25, 0.3) is 0 Å². The fourth-order valence-electron chi connectivity index (χ4n) is 2.53. The molecule has 0 aromatic carbocycles. The molecule has 5 heteroatoms. The van der Waals surface area contributed by atoms with Crippen molar-refractivity contribution >= 4 is 5.91 Å². The first kappa shape index (κ1) is 13.1. The fraction of sp³-hybridized carbons (Fsp3) is 0.692. The third-order valence-electron chi connectivity index (χ3n) is 3.82. The number of aromatic nitrogens is 2. The summed E-state index contributed by atoms with van der Waals surface area (Å²) in [4.78, 5) is 16.4. The summed E-state index contributed by atoms with van der Waals surface area (Å²) in [7, 11) is 0. The molecule has 0 aliphatic carbocycles. The number of nitrogens with one attached hydrogen (secondary N) is 2. The average Bonchev–Trinajstić information content (AvgIpc) is 2.99. The molecule has 2 N–H and O–H groups in total. The Kier molecular flexibility index (Phi) is 4.01. The standard InChI is InChI=1S/C13H22N4O/c1-3-13(4-5-14-9-13)12(18)16-11(2)8-17-7-6-15-10-17/h6-7,10-11,14H,3-5,8-9H2,1-2H3,(H,16,18). The number of carbonyl (C=O) groups is 1. The maximum Gasteiger partial charge on any atom is 0.227 e. The molecule has 5 nitrogen and oxygen atoms in total. The van der Waals surface area contributed by atoms with E-state index in [2.05, 4.69) is 22.5 Å². The predicted molar refractivity (Wildman–Crippen MR) is 70.0 cm³/mol. The van der Waals surface area contributed by atoms with Crippen LogP contribution in [0, 0.1) is 5.41 Å². The highest BCUT2D eigenvalue weighted by atomic mass is 16.2. The van der Waals surface area contributed by atoms with Crippen molar-refractivity contribution < 1.29 is 4.79 Å². The average molecular weight is 250 g/mol. The number of hydrogen-bond donors (Lipinski definition) is 2. The van der Waals surface area contributed by atoms with Crippen LogP contribution >= 0.6 is 0 Å². The molecular weight excluding hydrogens is 228 g/mol. The topological polar surface area (TPSA) is 59.0 Å². The van der Waals surface area contributed by atoms with Crippen molar-refractivity contribution in [1.29, 1.82) is 0 Å². The largest absolute Gasteiger partial charge is 0.351 e. The van der Waals surface area contributed by atoms with Crippen molar-refractivity contribution in [2.24, 2.45) is 5.41 Å². The van der Waals surface area contributed by atoms with Gasteiger partial charge in [0.05, 0.1) is 11.7 Å². The van der Waals surface area contributed by atoms with Gasteiger partial charge < -0.3 is 15.2 Å². The van der Waals surface area contributed by atoms with Gasteiger partial charge in [-0.1, -0.05) is 6.92 Å². The van der Waals surface area contributed by atoms with Crippen molar-refractivity contribution in [3.8, 4) is 0 Å². The second kappa shape index (κ2) is 5.52. The van der Waals surface area contributed by atoms with Crippen molar-refractivity contribution in [3.63, 3.8) is 0 Å². The Bertz CT molecular complexity index is 382. The van der Waals surface area contributed by atoms with Gasteiger partial charge >= 0.3 is 0 Å². The second-order valence-electron chi connectivity index (χ2n) is 5.19. The van der Waals surface area contributed by atoms with Gasteiger partial charge in [-0.15, -0.1) is 0 Å². The van der Waals surface area contributed by atoms with E-state index in [4.69, 9.17) is 0 Å². The molecule has 1 aliphatic heterocycles. The quantitative estimate of drug-likeness (QED) is 0.812. The van der Waals surface area contributed by atoms with Gasteiger partial charge in [0.15, 0.2) is 0 Å². The van der Waals surface area contributed by atoms with Gasteiger partial charge in [-0.2, -0.15) is 0 Å². The molecule has 2 unspecified atom stereocenters. The first-order chi connectivity index (χ1) is 8.66. The van der Waals surface area contributed by atoms with Crippen LogP contribution in [-0.4, -0.2) is 34.6 Å². The number of hydrogen-bond acceptors (Lipinski definition) is 3. The van der Waals surface area contributed by atoms with Gasteiger partial charge in [-0.3, -0.25) is 4.79 Å². The van der Waals surface area contributed by atoms with Crippen LogP contribution in [0.1, 0.15) is 26.7 Å². The van der Waals surface area contributed by atoms with Crippen LogP contribution in [0.2, 0.25) is 0 Å². The zero-order chi connectivity index (χ0) is 13.0. The van der Waals surface area contributed by atoms with E-state index in [0.717, 1.165) is 32.5 Å². The van der Waals surface area contributed by atoms with Gasteiger partial charge in [-0.05, 0) is 26.3 Å². The van der Waals surface area contributed by atoms with Crippen molar-refractivity contribution in [2.45, 2.75) is 39.3 Å². The van der Waals surface area contributed by atoms with E-state index >= 15 is 0 Å². The Morgan fingerprint density at radius 3 is 3.06 bits per heavy atom. The van der Waals surface area contributed by atoms with E-state index in [1.807, 2.05) is 17.7 Å². The van der Waals surface area contributed by atoms with Crippen LogP contribution in [0.4, 0.5) is 0 Å². The Balaban J connectivity index is 1.90. The molecule has 100 valence electrons. The molecule has 1 aliphatic rings. The van der Waals surface area contributed by atoms with Crippen LogP contribution in [0.5, 0.6) is 0 Å². The van der Waals surface area contributed by atoms with Gasteiger partial charge in [0.1, 0.15) is 0 Å². The summed E-state index contributed by atoms with van der Waals surface area (Å²) in [5.41, 5.74) is -0.205. The van der Waals surface area contributed by atoms with E-state index in [1.54, 1.807) is 12.5 Å². The molecule has 2 rings (SSSR count). The molecular formula is C13H22N4O. The minimum absolute atomic E-state index is 0.121. The molecule has 1 fully saturated rings. The molecule has 1 aromatic rings. The first-order valence-electron chi connectivity index (χ1n) is 6.64. The molecule has 2 atom stereocenters. The third-order valence-corrected chi connectivity index (χ3v) is 3.82. The lowest BCUT2D eigenvalue weighted by Gasteiger charge is -2.27. The number of carbonyl (C=O) groups excluding carboxylic acids is 1. The molecule has 2 heterocycles. The molecule has 0 bridgehead atoms. The summed E-state index contributed by atoms with van der Waals surface area (Å²) < 4.78 is 1.98. The first-order valence-corrected chi connectivity index (χ1v) is 6.64. The highest BCUT2D eigenvalue weighted by Gasteiger charge is 2.39. The van der Waals surface area contributed by atoms with Gasteiger partial charge in [0, 0.05) is 31.5 Å². The van der Waals surface area contributed by atoms with Crippen molar-refractivity contribution in [3.05, 3.63) is 18.7 Å². The number of amides is 1. The van der Waals surface area contributed by atoms with Crippen LogP contribution < -0.4 is 10.6 Å². The maximum atomic E-state index is 12.4. The summed E-state index contributed by atoms with van der Waals surface area (Å²) in [6, 6.07) is 0.121. The maximum absolute atomic E-state index is 12.4. The Morgan fingerprint density at radius 2 is 2.50 bits per heavy atom. The number of imidazole rings is 1. The lowest BCUT2D eigenvalue weighted by molar-refractivity contribution is -0.131. The number of rotatable bonds is 5. The van der Waals surface area contributed by atoms with Crippen LogP contribution in [0.15, 0.2) is 18.7 Å². The Morgan fingerprint density at radius 1 is 1.67 bits per heavy atom. The van der Waals surface area contributed by atoms with Gasteiger partial charge in [-0.25, -0.2) is 4.98 Å². The number of nitrogens with zero attached hydrogens (tertiary/aromatic N) is 2. The molecule has 1 aromatic heterocycles. The summed E-state index contributed by atoms with van der Waals surface area (Å²) in [5, 5.41) is 6.41. The van der Waals surface area contributed by atoms with E-state index < -0.39 is 0 Å². The minimum atomic E-state index is -0.205. The molecule has 0 radical (unpaired) electrons. The minimum Gasteiger partial charge on any atom is -0.351 e. The van der Waals surface area contributed by atoms with Gasteiger partial charge in [0.25, 0.3) is 0 Å². The molecule has 18 heavy (non-hydrogen) atoms. The Hall–Kier alpha value is -1.36. The molecule has 1 amide bonds. The molecule has 0 spiro atoms. The van der Waals surface area contributed by atoms with Crippen molar-refractivity contribution in [1.82, 2.24) is 20.2 Å². The summed E-state index contributed by atoms with van der Waals surface area (Å²) in [6.45, 7) is 6.63. The van der Waals surface area contributed by atoms with Gasteiger partial charge in [0.2, 0.25) is 5.91 Å². The van der Waals surface area contributed by atoms with E-state index in [9.17, 15) is 4.79 Å². The Labute approximate surface area is 108 Å². The smallest absolute Gasteiger partial charge is 0.227 e. The molecule has 1 saturated heterocycles. The highest BCUT2D eigenvalue weighted by Crippen LogP contribution is 2.29. The SMILES string of the molecule is CCC1(C(=O)NC(C)Cn2ccnc2)CCNC1. The zero-order valence-corrected chi connectivity index (χ0v) is 11.1. The monoisotopic (exact) mass is 250 g/mol.